The Balaban J connectivity index is 1.82. The molecule has 3 rings (SSSR count). The zero-order chi connectivity index (χ0) is 16.6. The number of nitrogens with one attached hydrogen (secondary N) is 1. The Bertz CT molecular complexity index is 893. The lowest BCUT2D eigenvalue weighted by Gasteiger charge is -2.07. The van der Waals surface area contributed by atoms with E-state index in [2.05, 4.69) is 5.32 Å². The van der Waals surface area contributed by atoms with Crippen LogP contribution in [0.2, 0.25) is 0 Å². The third-order valence-electron chi connectivity index (χ3n) is 4.12. The molecule has 2 aromatic carbocycles. The Morgan fingerprint density at radius 3 is 2.70 bits per heavy atom. The van der Waals surface area contributed by atoms with E-state index < -0.39 is 0 Å². The number of furan rings is 1. The number of hydrogen-bond donors (Lipinski definition) is 2. The third kappa shape index (κ3) is 2.93. The first-order chi connectivity index (χ1) is 11.0. The maximum Gasteiger partial charge on any atom is 0.229 e. The molecule has 4 heteroatoms. The normalized spacial score (nSPS) is 10.9. The van der Waals surface area contributed by atoms with Gasteiger partial charge in [-0.1, -0.05) is 18.2 Å². The molecule has 0 spiro atoms. The topological polar surface area (TPSA) is 62.5 Å². The summed E-state index contributed by atoms with van der Waals surface area (Å²) in [6, 6.07) is 9.17. The third-order valence-corrected chi connectivity index (χ3v) is 4.12. The Morgan fingerprint density at radius 1 is 1.17 bits per heavy atom. The van der Waals surface area contributed by atoms with Gasteiger partial charge in [-0.2, -0.15) is 0 Å². The molecule has 0 aliphatic rings. The van der Waals surface area contributed by atoms with Gasteiger partial charge in [0.05, 0.1) is 18.4 Å². The second-order valence-electron chi connectivity index (χ2n) is 5.89. The van der Waals surface area contributed by atoms with Crippen molar-refractivity contribution >= 4 is 22.6 Å². The maximum atomic E-state index is 12.2. The van der Waals surface area contributed by atoms with E-state index in [0.717, 1.165) is 33.2 Å². The van der Waals surface area contributed by atoms with Crippen molar-refractivity contribution in [1.29, 1.82) is 0 Å². The molecule has 2 N–H and O–H groups in total. The highest BCUT2D eigenvalue weighted by atomic mass is 16.3. The van der Waals surface area contributed by atoms with Crippen LogP contribution in [0.4, 0.5) is 5.69 Å². The summed E-state index contributed by atoms with van der Waals surface area (Å²) in [6.07, 6.45) is 1.83. The SMILES string of the molecule is Cc1ccc(NC(=O)Cc2coc3c(C)c(C)ccc23)c(O)c1. The summed E-state index contributed by atoms with van der Waals surface area (Å²) in [5.41, 5.74) is 5.27. The number of carbonyl (C=O) groups excluding carboxylic acids is 1. The van der Waals surface area contributed by atoms with Gasteiger partial charge < -0.3 is 14.8 Å². The van der Waals surface area contributed by atoms with Gasteiger partial charge in [0, 0.05) is 10.9 Å². The van der Waals surface area contributed by atoms with Crippen LogP contribution in [0.15, 0.2) is 41.0 Å². The van der Waals surface area contributed by atoms with E-state index in [4.69, 9.17) is 4.42 Å². The smallest absolute Gasteiger partial charge is 0.229 e. The summed E-state index contributed by atoms with van der Waals surface area (Å²) >= 11 is 0. The van der Waals surface area contributed by atoms with Crippen molar-refractivity contribution in [2.24, 2.45) is 0 Å². The van der Waals surface area contributed by atoms with Crippen LogP contribution in [0, 0.1) is 20.8 Å². The minimum absolute atomic E-state index is 0.0712. The van der Waals surface area contributed by atoms with Gasteiger partial charge in [-0.05, 0) is 49.6 Å². The number of benzene rings is 2. The minimum atomic E-state index is -0.190. The van der Waals surface area contributed by atoms with E-state index in [0.29, 0.717) is 5.69 Å². The molecule has 0 radical (unpaired) electrons. The molecule has 0 fully saturated rings. The molecule has 1 heterocycles. The molecule has 0 saturated heterocycles. The molecule has 3 aromatic rings. The first-order valence-corrected chi connectivity index (χ1v) is 7.51. The van der Waals surface area contributed by atoms with Gasteiger partial charge in [0.15, 0.2) is 0 Å². The molecule has 0 aliphatic carbocycles. The first kappa shape index (κ1) is 15.2. The molecular weight excluding hydrogens is 290 g/mol. The van der Waals surface area contributed by atoms with Gasteiger partial charge >= 0.3 is 0 Å². The Hall–Kier alpha value is -2.75. The van der Waals surface area contributed by atoms with Crippen LogP contribution in [0.1, 0.15) is 22.3 Å². The van der Waals surface area contributed by atoms with E-state index >= 15 is 0 Å². The van der Waals surface area contributed by atoms with Crippen molar-refractivity contribution in [2.75, 3.05) is 5.32 Å². The highest BCUT2D eigenvalue weighted by molar-refractivity contribution is 5.96. The van der Waals surface area contributed by atoms with Crippen molar-refractivity contribution in [3.05, 3.63) is 58.8 Å². The van der Waals surface area contributed by atoms with Crippen LogP contribution < -0.4 is 5.32 Å². The highest BCUT2D eigenvalue weighted by Crippen LogP contribution is 2.28. The molecular formula is C19H19NO3. The lowest BCUT2D eigenvalue weighted by molar-refractivity contribution is -0.115. The van der Waals surface area contributed by atoms with Gasteiger partial charge in [-0.25, -0.2) is 0 Å². The van der Waals surface area contributed by atoms with Gasteiger partial charge in [-0.15, -0.1) is 0 Å². The van der Waals surface area contributed by atoms with E-state index in [9.17, 15) is 9.90 Å². The van der Waals surface area contributed by atoms with Crippen LogP contribution >= 0.6 is 0 Å². The summed E-state index contributed by atoms with van der Waals surface area (Å²) in [5.74, 6) is -0.119. The average molecular weight is 309 g/mol. The Morgan fingerprint density at radius 2 is 1.96 bits per heavy atom. The molecule has 118 valence electrons. The highest BCUT2D eigenvalue weighted by Gasteiger charge is 2.14. The zero-order valence-corrected chi connectivity index (χ0v) is 13.4. The summed E-state index contributed by atoms with van der Waals surface area (Å²) < 4.78 is 5.62. The van der Waals surface area contributed by atoms with Crippen LogP contribution in [-0.4, -0.2) is 11.0 Å². The number of carbonyl (C=O) groups is 1. The van der Waals surface area contributed by atoms with Crippen LogP contribution in [0.3, 0.4) is 0 Å². The minimum Gasteiger partial charge on any atom is -0.506 e. The summed E-state index contributed by atoms with van der Waals surface area (Å²) in [7, 11) is 0. The largest absolute Gasteiger partial charge is 0.506 e. The molecule has 0 unspecified atom stereocenters. The van der Waals surface area contributed by atoms with Gasteiger partial charge in [0.1, 0.15) is 11.3 Å². The standard InChI is InChI=1S/C19H19NO3/c1-11-4-7-16(17(21)8-11)20-18(22)9-14-10-23-19-13(3)12(2)5-6-15(14)19/h4-8,10,21H,9H2,1-3H3,(H,20,22). The number of aromatic hydroxyl groups is 1. The fourth-order valence-electron chi connectivity index (χ4n) is 2.64. The first-order valence-electron chi connectivity index (χ1n) is 7.51. The second kappa shape index (κ2) is 5.80. The monoisotopic (exact) mass is 309 g/mol. The second-order valence-corrected chi connectivity index (χ2v) is 5.89. The summed E-state index contributed by atoms with van der Waals surface area (Å²) in [6.45, 7) is 5.92. The van der Waals surface area contributed by atoms with Crippen LogP contribution in [0.5, 0.6) is 5.75 Å². The molecule has 1 aromatic heterocycles. The van der Waals surface area contributed by atoms with Crippen LogP contribution in [-0.2, 0) is 11.2 Å². The Labute approximate surface area is 134 Å². The van der Waals surface area contributed by atoms with Crippen molar-refractivity contribution in [3.8, 4) is 5.75 Å². The average Bonchev–Trinajstić information content (AvgIpc) is 2.89. The van der Waals surface area contributed by atoms with Crippen molar-refractivity contribution in [3.63, 3.8) is 0 Å². The van der Waals surface area contributed by atoms with E-state index in [-0.39, 0.29) is 18.1 Å². The fourth-order valence-corrected chi connectivity index (χ4v) is 2.64. The number of anilines is 1. The molecule has 4 nitrogen and oxygen atoms in total. The van der Waals surface area contributed by atoms with Crippen LogP contribution in [0.25, 0.3) is 11.0 Å². The number of phenols is 1. The molecule has 0 saturated carbocycles. The predicted octanol–water partition coefficient (Wildman–Crippen LogP) is 4.24. The maximum absolute atomic E-state index is 12.2. The number of fused-ring (bicyclic) bond motifs is 1. The molecule has 0 bridgehead atoms. The van der Waals surface area contributed by atoms with E-state index in [1.54, 1.807) is 18.4 Å². The number of amides is 1. The zero-order valence-electron chi connectivity index (χ0n) is 13.4. The number of phenolic OH excluding ortho intramolecular Hbond substituents is 1. The van der Waals surface area contributed by atoms with Crippen molar-refractivity contribution in [1.82, 2.24) is 0 Å². The molecule has 0 atom stereocenters. The Kier molecular flexibility index (Phi) is 3.82. The van der Waals surface area contributed by atoms with Crippen molar-refractivity contribution < 1.29 is 14.3 Å². The van der Waals surface area contributed by atoms with Crippen molar-refractivity contribution in [2.45, 2.75) is 27.2 Å². The lowest BCUT2D eigenvalue weighted by atomic mass is 10.0. The number of aryl methyl sites for hydroxylation is 3. The molecule has 23 heavy (non-hydrogen) atoms. The predicted molar refractivity (Wildman–Crippen MR) is 90.9 cm³/mol. The number of rotatable bonds is 3. The summed E-state index contributed by atoms with van der Waals surface area (Å²) in [4.78, 5) is 12.2. The van der Waals surface area contributed by atoms with Gasteiger partial charge in [0.25, 0.3) is 0 Å². The molecule has 1 amide bonds. The quantitative estimate of drug-likeness (QED) is 0.711. The van der Waals surface area contributed by atoms with E-state index in [1.165, 1.54) is 0 Å². The van der Waals surface area contributed by atoms with E-state index in [1.807, 2.05) is 39.0 Å². The number of hydrogen-bond acceptors (Lipinski definition) is 3. The lowest BCUT2D eigenvalue weighted by Crippen LogP contribution is -2.14. The fraction of sp³-hybridized carbons (Fsp3) is 0.211. The molecule has 0 aliphatic heterocycles. The van der Waals surface area contributed by atoms with Gasteiger partial charge in [0.2, 0.25) is 5.91 Å². The van der Waals surface area contributed by atoms with Gasteiger partial charge in [-0.3, -0.25) is 4.79 Å². The summed E-state index contributed by atoms with van der Waals surface area (Å²) in [5, 5.41) is 13.6.